The highest BCUT2D eigenvalue weighted by atomic mass is 19.4. The van der Waals surface area contributed by atoms with Crippen molar-refractivity contribution in [2.24, 2.45) is 0 Å². The van der Waals surface area contributed by atoms with Crippen LogP contribution in [0, 0.1) is 0 Å². The molecular formula is C10H17F3N2O. The van der Waals surface area contributed by atoms with Crippen LogP contribution in [0.4, 0.5) is 13.2 Å². The Balaban J connectivity index is 1.90. The molecule has 2 aliphatic rings. The van der Waals surface area contributed by atoms with Crippen molar-refractivity contribution in [3.8, 4) is 0 Å². The first-order chi connectivity index (χ1) is 7.57. The van der Waals surface area contributed by atoms with Crippen molar-refractivity contribution in [2.75, 3.05) is 32.8 Å². The van der Waals surface area contributed by atoms with Crippen LogP contribution in [0.5, 0.6) is 0 Å². The van der Waals surface area contributed by atoms with Crippen LogP contribution in [-0.2, 0) is 4.74 Å². The van der Waals surface area contributed by atoms with Gasteiger partial charge in [-0.25, -0.2) is 0 Å². The van der Waals surface area contributed by atoms with Crippen molar-refractivity contribution in [1.29, 1.82) is 0 Å². The van der Waals surface area contributed by atoms with Crippen LogP contribution in [0.2, 0.25) is 0 Å². The van der Waals surface area contributed by atoms with E-state index in [0.29, 0.717) is 6.54 Å². The fourth-order valence-electron chi connectivity index (χ4n) is 2.37. The first kappa shape index (κ1) is 12.1. The number of hydrogen-bond donors (Lipinski definition) is 1. The zero-order valence-corrected chi connectivity index (χ0v) is 9.09. The lowest BCUT2D eigenvalue weighted by atomic mass is 10.0. The zero-order valence-electron chi connectivity index (χ0n) is 9.09. The second kappa shape index (κ2) is 4.89. The number of halogens is 3. The fraction of sp³-hybridized carbons (Fsp3) is 1.00. The molecule has 0 bridgehead atoms. The largest absolute Gasteiger partial charge is 0.415 e. The van der Waals surface area contributed by atoms with Gasteiger partial charge >= 0.3 is 6.18 Å². The summed E-state index contributed by atoms with van der Waals surface area (Å²) in [5.74, 6) is 0. The van der Waals surface area contributed by atoms with Gasteiger partial charge in [-0.15, -0.1) is 0 Å². The highest BCUT2D eigenvalue weighted by molar-refractivity contribution is 4.84. The monoisotopic (exact) mass is 238 g/mol. The molecule has 0 aliphatic carbocycles. The van der Waals surface area contributed by atoms with Gasteiger partial charge in [0.1, 0.15) is 0 Å². The van der Waals surface area contributed by atoms with E-state index in [1.54, 1.807) is 0 Å². The van der Waals surface area contributed by atoms with Gasteiger partial charge in [0.15, 0.2) is 6.10 Å². The first-order valence-corrected chi connectivity index (χ1v) is 5.70. The molecule has 0 aromatic heterocycles. The van der Waals surface area contributed by atoms with E-state index in [1.807, 2.05) is 4.90 Å². The Morgan fingerprint density at radius 3 is 2.50 bits per heavy atom. The fourth-order valence-corrected chi connectivity index (χ4v) is 2.37. The van der Waals surface area contributed by atoms with Crippen molar-refractivity contribution < 1.29 is 17.9 Å². The maximum absolute atomic E-state index is 12.5. The van der Waals surface area contributed by atoms with E-state index in [-0.39, 0.29) is 19.2 Å². The van der Waals surface area contributed by atoms with E-state index in [4.69, 9.17) is 4.74 Å². The number of morpholine rings is 1. The summed E-state index contributed by atoms with van der Waals surface area (Å²) in [5.41, 5.74) is 0. The highest BCUT2D eigenvalue weighted by Gasteiger charge is 2.44. The molecule has 2 fully saturated rings. The SMILES string of the molecule is FC(F)(F)C1CN(C2CCNCC2)CCO1. The van der Waals surface area contributed by atoms with Crippen molar-refractivity contribution in [3.63, 3.8) is 0 Å². The van der Waals surface area contributed by atoms with Gasteiger partial charge in [0.2, 0.25) is 0 Å². The Labute approximate surface area is 92.9 Å². The van der Waals surface area contributed by atoms with Gasteiger partial charge in [-0.3, -0.25) is 4.90 Å². The molecule has 6 heteroatoms. The minimum absolute atomic E-state index is 0.00579. The van der Waals surface area contributed by atoms with E-state index < -0.39 is 12.3 Å². The number of nitrogens with zero attached hydrogens (tertiary/aromatic N) is 1. The lowest BCUT2D eigenvalue weighted by Crippen LogP contribution is -2.54. The van der Waals surface area contributed by atoms with E-state index in [2.05, 4.69) is 5.32 Å². The van der Waals surface area contributed by atoms with Crippen molar-refractivity contribution in [3.05, 3.63) is 0 Å². The van der Waals surface area contributed by atoms with Gasteiger partial charge in [0.05, 0.1) is 6.61 Å². The van der Waals surface area contributed by atoms with Crippen molar-refractivity contribution >= 4 is 0 Å². The molecule has 1 atom stereocenters. The van der Waals surface area contributed by atoms with E-state index in [0.717, 1.165) is 25.9 Å². The Hall–Kier alpha value is -0.330. The number of alkyl halides is 3. The molecule has 0 radical (unpaired) electrons. The summed E-state index contributed by atoms with van der Waals surface area (Å²) in [4.78, 5) is 1.93. The third-order valence-electron chi connectivity index (χ3n) is 3.29. The molecule has 2 saturated heterocycles. The van der Waals surface area contributed by atoms with E-state index in [1.165, 1.54) is 0 Å². The third kappa shape index (κ3) is 2.87. The summed E-state index contributed by atoms with van der Waals surface area (Å²) < 4.78 is 42.3. The molecule has 2 aliphatic heterocycles. The average molecular weight is 238 g/mol. The predicted octanol–water partition coefficient (Wildman–Crippen LogP) is 1.00. The van der Waals surface area contributed by atoms with Crippen LogP contribution in [0.3, 0.4) is 0 Å². The molecule has 2 heterocycles. The molecule has 0 aromatic carbocycles. The van der Waals surface area contributed by atoms with Crippen LogP contribution >= 0.6 is 0 Å². The second-order valence-electron chi connectivity index (χ2n) is 4.38. The van der Waals surface area contributed by atoms with Gasteiger partial charge in [-0.2, -0.15) is 13.2 Å². The molecule has 2 rings (SSSR count). The Morgan fingerprint density at radius 2 is 1.88 bits per heavy atom. The van der Waals surface area contributed by atoms with E-state index >= 15 is 0 Å². The van der Waals surface area contributed by atoms with Crippen LogP contribution < -0.4 is 5.32 Å². The summed E-state index contributed by atoms with van der Waals surface area (Å²) in [6.07, 6.45) is -3.96. The Kier molecular flexibility index (Phi) is 3.71. The number of hydrogen-bond acceptors (Lipinski definition) is 3. The maximum Gasteiger partial charge on any atom is 0.415 e. The normalized spacial score (nSPS) is 30.6. The molecule has 1 N–H and O–H groups in total. The summed E-state index contributed by atoms with van der Waals surface area (Å²) in [7, 11) is 0. The van der Waals surface area contributed by atoms with Crippen LogP contribution in [0.15, 0.2) is 0 Å². The lowest BCUT2D eigenvalue weighted by Gasteiger charge is -2.40. The minimum atomic E-state index is -4.23. The van der Waals surface area contributed by atoms with Gasteiger partial charge in [0.25, 0.3) is 0 Å². The van der Waals surface area contributed by atoms with Crippen LogP contribution in [0.1, 0.15) is 12.8 Å². The van der Waals surface area contributed by atoms with Gasteiger partial charge in [0, 0.05) is 19.1 Å². The highest BCUT2D eigenvalue weighted by Crippen LogP contribution is 2.27. The molecule has 0 spiro atoms. The van der Waals surface area contributed by atoms with Crippen LogP contribution in [-0.4, -0.2) is 56.0 Å². The molecule has 94 valence electrons. The number of piperidine rings is 1. The zero-order chi connectivity index (χ0) is 11.6. The standard InChI is InChI=1S/C10H17F3N2O/c11-10(12,13)9-7-15(5-6-16-9)8-1-3-14-4-2-8/h8-9,14H,1-7H2. The molecule has 0 saturated carbocycles. The smallest absolute Gasteiger partial charge is 0.366 e. The summed E-state index contributed by atoms with van der Waals surface area (Å²) in [6.45, 7) is 2.61. The number of ether oxygens (including phenoxy) is 1. The second-order valence-corrected chi connectivity index (χ2v) is 4.38. The quantitative estimate of drug-likeness (QED) is 0.737. The Morgan fingerprint density at radius 1 is 1.19 bits per heavy atom. The number of rotatable bonds is 1. The van der Waals surface area contributed by atoms with Crippen molar-refractivity contribution in [1.82, 2.24) is 10.2 Å². The number of nitrogens with one attached hydrogen (secondary N) is 1. The van der Waals surface area contributed by atoms with Crippen LogP contribution in [0.25, 0.3) is 0 Å². The molecule has 0 aromatic rings. The molecule has 16 heavy (non-hydrogen) atoms. The summed E-state index contributed by atoms with van der Waals surface area (Å²) in [5, 5.41) is 3.22. The molecule has 1 unspecified atom stereocenters. The average Bonchev–Trinajstić information content (AvgIpc) is 2.29. The first-order valence-electron chi connectivity index (χ1n) is 5.70. The van der Waals surface area contributed by atoms with Gasteiger partial charge in [-0.05, 0) is 25.9 Å². The topological polar surface area (TPSA) is 24.5 Å². The molecular weight excluding hydrogens is 221 g/mol. The van der Waals surface area contributed by atoms with Gasteiger partial charge in [-0.1, -0.05) is 0 Å². The molecule has 3 nitrogen and oxygen atoms in total. The third-order valence-corrected chi connectivity index (χ3v) is 3.29. The van der Waals surface area contributed by atoms with E-state index in [9.17, 15) is 13.2 Å². The molecule has 0 amide bonds. The predicted molar refractivity (Wildman–Crippen MR) is 53.3 cm³/mol. The summed E-state index contributed by atoms with van der Waals surface area (Å²) >= 11 is 0. The lowest BCUT2D eigenvalue weighted by molar-refractivity contribution is -0.240. The van der Waals surface area contributed by atoms with Gasteiger partial charge < -0.3 is 10.1 Å². The minimum Gasteiger partial charge on any atom is -0.366 e. The van der Waals surface area contributed by atoms with Crippen molar-refractivity contribution in [2.45, 2.75) is 31.2 Å². The Bertz CT molecular complexity index is 229. The maximum atomic E-state index is 12.5. The summed E-state index contributed by atoms with van der Waals surface area (Å²) in [6, 6.07) is 0.287.